The molecule has 31 heavy (non-hydrogen) atoms. The number of furan rings is 1. The van der Waals surface area contributed by atoms with Crippen LogP contribution in [0.2, 0.25) is 0 Å². The van der Waals surface area contributed by atoms with Gasteiger partial charge in [0.1, 0.15) is 11.6 Å². The standard InChI is InChI=1S/C24H23FO5S/c1-3-24(29,4-2)16-9-17(25)11-19(10-16)31-18-5-6-20(22(26)12-18)21(13-23(27)28)15-7-8-30-14-15/h5-14,26,29H,3-4H2,1-2H3,(H,27,28). The molecule has 0 aliphatic heterocycles. The normalized spacial score (nSPS) is 12.2. The van der Waals surface area contributed by atoms with Gasteiger partial charge in [0.25, 0.3) is 0 Å². The number of aliphatic hydroxyl groups is 1. The van der Waals surface area contributed by atoms with Crippen molar-refractivity contribution in [3.63, 3.8) is 0 Å². The molecule has 7 heteroatoms. The highest BCUT2D eigenvalue weighted by Crippen LogP contribution is 2.38. The van der Waals surface area contributed by atoms with Crippen molar-refractivity contribution in [2.75, 3.05) is 0 Å². The molecule has 0 saturated carbocycles. The predicted octanol–water partition coefficient (Wildman–Crippen LogP) is 5.80. The van der Waals surface area contributed by atoms with Gasteiger partial charge >= 0.3 is 5.97 Å². The molecule has 3 N–H and O–H groups in total. The number of hydrogen-bond donors (Lipinski definition) is 3. The summed E-state index contributed by atoms with van der Waals surface area (Å²) in [4.78, 5) is 12.5. The molecule has 3 rings (SSSR count). The summed E-state index contributed by atoms with van der Waals surface area (Å²) in [6.45, 7) is 3.69. The lowest BCUT2D eigenvalue weighted by Gasteiger charge is -2.26. The van der Waals surface area contributed by atoms with Crippen LogP contribution in [-0.2, 0) is 10.4 Å². The van der Waals surface area contributed by atoms with Crippen LogP contribution in [0.25, 0.3) is 5.57 Å². The van der Waals surface area contributed by atoms with E-state index in [0.717, 1.165) is 6.08 Å². The molecular formula is C24H23FO5S. The number of aliphatic carboxylic acids is 1. The second kappa shape index (κ2) is 9.41. The molecule has 0 unspecified atom stereocenters. The van der Waals surface area contributed by atoms with Crippen LogP contribution in [0, 0.1) is 5.82 Å². The second-order valence-corrected chi connectivity index (χ2v) is 8.25. The van der Waals surface area contributed by atoms with Gasteiger partial charge in [0, 0.05) is 32.6 Å². The van der Waals surface area contributed by atoms with Crippen LogP contribution in [-0.4, -0.2) is 21.3 Å². The van der Waals surface area contributed by atoms with E-state index in [2.05, 4.69) is 0 Å². The van der Waals surface area contributed by atoms with E-state index in [0.29, 0.717) is 44.9 Å². The number of halogens is 1. The van der Waals surface area contributed by atoms with E-state index in [1.807, 2.05) is 13.8 Å². The van der Waals surface area contributed by atoms with Gasteiger partial charge in [-0.3, -0.25) is 0 Å². The number of benzene rings is 2. The Labute approximate surface area is 183 Å². The van der Waals surface area contributed by atoms with Crippen LogP contribution >= 0.6 is 11.8 Å². The van der Waals surface area contributed by atoms with Gasteiger partial charge in [-0.15, -0.1) is 0 Å². The molecule has 0 spiro atoms. The molecule has 2 aromatic carbocycles. The molecule has 0 radical (unpaired) electrons. The molecular weight excluding hydrogens is 419 g/mol. The molecule has 1 aromatic heterocycles. The van der Waals surface area contributed by atoms with Crippen LogP contribution < -0.4 is 0 Å². The Morgan fingerprint density at radius 2 is 1.87 bits per heavy atom. The maximum atomic E-state index is 14.2. The van der Waals surface area contributed by atoms with E-state index < -0.39 is 17.4 Å². The molecule has 1 heterocycles. The third-order valence-electron chi connectivity index (χ3n) is 5.17. The van der Waals surface area contributed by atoms with Crippen molar-refractivity contribution >= 4 is 23.3 Å². The first-order valence-electron chi connectivity index (χ1n) is 9.77. The first kappa shape index (κ1) is 22.7. The smallest absolute Gasteiger partial charge is 0.328 e. The van der Waals surface area contributed by atoms with Crippen LogP contribution in [0.4, 0.5) is 4.39 Å². The Hall–Kier alpha value is -3.03. The summed E-state index contributed by atoms with van der Waals surface area (Å²) in [6.07, 6.45) is 4.73. The molecule has 0 fully saturated rings. The summed E-state index contributed by atoms with van der Waals surface area (Å²) in [6, 6.07) is 10.9. The molecule has 0 aliphatic rings. The highest BCUT2D eigenvalue weighted by molar-refractivity contribution is 7.99. The Morgan fingerprint density at radius 1 is 1.13 bits per heavy atom. The Morgan fingerprint density at radius 3 is 2.45 bits per heavy atom. The van der Waals surface area contributed by atoms with Crippen LogP contribution in [0.5, 0.6) is 5.75 Å². The summed E-state index contributed by atoms with van der Waals surface area (Å²) in [5.74, 6) is -1.72. The number of hydrogen-bond acceptors (Lipinski definition) is 5. The number of phenols is 1. The van der Waals surface area contributed by atoms with E-state index in [-0.39, 0.29) is 5.75 Å². The van der Waals surface area contributed by atoms with Crippen molar-refractivity contribution in [1.82, 2.24) is 0 Å². The van der Waals surface area contributed by atoms with Crippen molar-refractivity contribution < 1.29 is 28.9 Å². The summed E-state index contributed by atoms with van der Waals surface area (Å²) in [5.41, 5.74) is 0.558. The minimum Gasteiger partial charge on any atom is -0.507 e. The first-order chi connectivity index (χ1) is 14.8. The number of carboxylic acid groups (broad SMARTS) is 1. The average molecular weight is 443 g/mol. The summed E-state index contributed by atoms with van der Waals surface area (Å²) in [7, 11) is 0. The fourth-order valence-electron chi connectivity index (χ4n) is 3.35. The topological polar surface area (TPSA) is 90.9 Å². The van der Waals surface area contributed by atoms with Crippen molar-refractivity contribution in [1.29, 1.82) is 0 Å². The molecule has 0 amide bonds. The predicted molar refractivity (Wildman–Crippen MR) is 117 cm³/mol. The van der Waals surface area contributed by atoms with Crippen LogP contribution in [0.1, 0.15) is 43.4 Å². The van der Waals surface area contributed by atoms with Gasteiger partial charge in [0.2, 0.25) is 0 Å². The number of aromatic hydroxyl groups is 1. The second-order valence-electron chi connectivity index (χ2n) is 7.10. The fraction of sp³-hybridized carbons (Fsp3) is 0.208. The van der Waals surface area contributed by atoms with Crippen molar-refractivity contribution in [2.24, 2.45) is 0 Å². The molecule has 0 saturated heterocycles. The van der Waals surface area contributed by atoms with Crippen LogP contribution in [0.15, 0.2) is 75.3 Å². The van der Waals surface area contributed by atoms with Gasteiger partial charge in [0.15, 0.2) is 0 Å². The Bertz CT molecular complexity index is 1100. The number of carboxylic acids is 1. The molecule has 5 nitrogen and oxygen atoms in total. The van der Waals surface area contributed by atoms with Crippen LogP contribution in [0.3, 0.4) is 0 Å². The lowest BCUT2D eigenvalue weighted by molar-refractivity contribution is -0.131. The lowest BCUT2D eigenvalue weighted by Crippen LogP contribution is -2.23. The quantitative estimate of drug-likeness (QED) is 0.382. The Kier molecular flexibility index (Phi) is 6.87. The van der Waals surface area contributed by atoms with E-state index in [1.54, 1.807) is 24.3 Å². The number of carbonyl (C=O) groups is 1. The molecule has 0 aliphatic carbocycles. The molecule has 0 bridgehead atoms. The van der Waals surface area contributed by atoms with Gasteiger partial charge in [0.05, 0.1) is 18.1 Å². The largest absolute Gasteiger partial charge is 0.507 e. The highest BCUT2D eigenvalue weighted by atomic mass is 32.2. The highest BCUT2D eigenvalue weighted by Gasteiger charge is 2.26. The third-order valence-corrected chi connectivity index (χ3v) is 6.13. The average Bonchev–Trinajstić information content (AvgIpc) is 3.26. The fourth-order valence-corrected chi connectivity index (χ4v) is 4.28. The molecule has 162 valence electrons. The number of rotatable bonds is 8. The first-order valence-corrected chi connectivity index (χ1v) is 10.6. The monoisotopic (exact) mass is 442 g/mol. The molecule has 0 atom stereocenters. The minimum absolute atomic E-state index is 0.117. The zero-order valence-corrected chi connectivity index (χ0v) is 17.9. The van der Waals surface area contributed by atoms with Gasteiger partial charge in [-0.05, 0) is 60.9 Å². The van der Waals surface area contributed by atoms with Gasteiger partial charge in [-0.2, -0.15) is 0 Å². The van der Waals surface area contributed by atoms with Gasteiger partial charge in [-0.1, -0.05) is 25.6 Å². The Balaban J connectivity index is 1.94. The van der Waals surface area contributed by atoms with Crippen molar-refractivity contribution in [2.45, 2.75) is 42.1 Å². The summed E-state index contributed by atoms with van der Waals surface area (Å²) >= 11 is 1.23. The minimum atomic E-state index is -1.15. The SMILES string of the molecule is CCC(O)(CC)c1cc(F)cc(Sc2ccc(C(=CC(=O)O)c3ccoc3)c(O)c2)c1. The van der Waals surface area contributed by atoms with Gasteiger partial charge in [-0.25, -0.2) is 9.18 Å². The maximum absolute atomic E-state index is 14.2. The van der Waals surface area contributed by atoms with E-state index in [4.69, 9.17) is 4.42 Å². The van der Waals surface area contributed by atoms with Crippen molar-refractivity contribution in [3.8, 4) is 5.75 Å². The number of phenolic OH excluding ortho intramolecular Hbond substituents is 1. The zero-order chi connectivity index (χ0) is 22.6. The van der Waals surface area contributed by atoms with E-state index in [1.165, 1.54) is 42.5 Å². The van der Waals surface area contributed by atoms with Crippen molar-refractivity contribution in [3.05, 3.63) is 83.6 Å². The van der Waals surface area contributed by atoms with E-state index >= 15 is 0 Å². The lowest BCUT2D eigenvalue weighted by atomic mass is 9.89. The summed E-state index contributed by atoms with van der Waals surface area (Å²) < 4.78 is 19.2. The summed E-state index contributed by atoms with van der Waals surface area (Å²) in [5, 5.41) is 30.5. The van der Waals surface area contributed by atoms with E-state index in [9.17, 15) is 24.5 Å². The third kappa shape index (κ3) is 5.18. The molecule has 3 aromatic rings. The maximum Gasteiger partial charge on any atom is 0.328 e. The van der Waals surface area contributed by atoms with Gasteiger partial charge < -0.3 is 19.7 Å². The zero-order valence-electron chi connectivity index (χ0n) is 17.1.